The zero-order valence-electron chi connectivity index (χ0n) is 24.8. The minimum atomic E-state index is -2.74. The van der Waals surface area contributed by atoms with E-state index in [4.69, 9.17) is 29.2 Å². The van der Waals surface area contributed by atoms with Crippen molar-refractivity contribution in [2.45, 2.75) is 86.5 Å². The largest absolute Gasteiger partial charge is 0.493 e. The van der Waals surface area contributed by atoms with Crippen LogP contribution in [-0.2, 0) is 54.8 Å². The molecule has 4 aliphatic rings. The quantitative estimate of drug-likeness (QED) is 0.111. The summed E-state index contributed by atoms with van der Waals surface area (Å²) < 4.78 is 26.9. The summed E-state index contributed by atoms with van der Waals surface area (Å²) in [6, 6.07) is 3.65. The predicted molar refractivity (Wildman–Crippen MR) is 148 cm³/mol. The normalized spacial score (nSPS) is 27.4. The van der Waals surface area contributed by atoms with Crippen LogP contribution in [-0.4, -0.2) is 110 Å². The first kappa shape index (κ1) is 33.6. The summed E-state index contributed by atoms with van der Waals surface area (Å²) >= 11 is 0. The molecule has 0 unspecified atom stereocenters. The lowest BCUT2D eigenvalue weighted by Gasteiger charge is -2.59. The second-order valence-corrected chi connectivity index (χ2v) is 11.8. The van der Waals surface area contributed by atoms with E-state index in [0.29, 0.717) is 24.3 Å². The van der Waals surface area contributed by atoms with Crippen LogP contribution in [0.5, 0.6) is 11.5 Å². The molecule has 47 heavy (non-hydrogen) atoms. The van der Waals surface area contributed by atoms with Crippen molar-refractivity contribution >= 4 is 35.8 Å². The maximum atomic E-state index is 13.3. The molecule has 254 valence electrons. The molecule has 0 aromatic heterocycles. The molecule has 2 bridgehead atoms. The van der Waals surface area contributed by atoms with Crippen LogP contribution in [0.1, 0.15) is 49.7 Å². The highest BCUT2D eigenvalue weighted by molar-refractivity contribution is 5.90. The molecule has 0 radical (unpaired) electrons. The Balaban J connectivity index is 1.41. The molecule has 17 heteroatoms. The molecule has 3 aliphatic carbocycles. The summed E-state index contributed by atoms with van der Waals surface area (Å²) in [7, 11) is 1.45. The van der Waals surface area contributed by atoms with Crippen molar-refractivity contribution in [1.82, 2.24) is 0 Å². The van der Waals surface area contributed by atoms with E-state index in [1.54, 1.807) is 6.07 Å². The van der Waals surface area contributed by atoms with Gasteiger partial charge in [0.2, 0.25) is 12.2 Å². The molecule has 5 rings (SSSR count). The van der Waals surface area contributed by atoms with Gasteiger partial charge in [-0.3, -0.25) is 9.59 Å². The molecule has 0 saturated heterocycles. The zero-order valence-corrected chi connectivity index (χ0v) is 24.8. The van der Waals surface area contributed by atoms with Crippen molar-refractivity contribution in [2.75, 3.05) is 7.11 Å². The number of carbonyl (C=O) groups excluding carboxylic acids is 3. The van der Waals surface area contributed by atoms with Gasteiger partial charge in [-0.05, 0) is 49.3 Å². The second-order valence-electron chi connectivity index (χ2n) is 11.8. The average Bonchev–Trinajstić information content (AvgIpc) is 3.35. The van der Waals surface area contributed by atoms with E-state index in [-0.39, 0.29) is 18.1 Å². The Bertz CT molecular complexity index is 1550. The number of aliphatic hydroxyl groups excluding tert-OH is 2. The number of esters is 3. The minimum Gasteiger partial charge on any atom is -0.493 e. The molecule has 1 spiro atoms. The maximum absolute atomic E-state index is 13.3. The summed E-state index contributed by atoms with van der Waals surface area (Å²) in [6.45, 7) is 0. The third-order valence-corrected chi connectivity index (χ3v) is 9.26. The molecule has 1 heterocycles. The van der Waals surface area contributed by atoms with Crippen molar-refractivity contribution in [1.29, 1.82) is 0 Å². The van der Waals surface area contributed by atoms with Gasteiger partial charge >= 0.3 is 35.8 Å². The Labute approximate surface area is 265 Å². The van der Waals surface area contributed by atoms with Crippen molar-refractivity contribution in [2.24, 2.45) is 5.92 Å². The molecule has 17 nitrogen and oxygen atoms in total. The molecule has 1 aliphatic heterocycles. The Morgan fingerprint density at radius 3 is 2.30 bits per heavy atom. The first-order valence-corrected chi connectivity index (χ1v) is 14.6. The molecule has 1 saturated carbocycles. The summed E-state index contributed by atoms with van der Waals surface area (Å²) in [6.07, 6.45) is -9.43. The fraction of sp³-hybridized carbons (Fsp3) is 0.533. The number of hydrogen-bond acceptors (Lipinski definition) is 14. The summed E-state index contributed by atoms with van der Waals surface area (Å²) in [5, 5.41) is 58.7. The van der Waals surface area contributed by atoms with Crippen molar-refractivity contribution in [3.63, 3.8) is 0 Å². The number of ether oxygens (including phenoxy) is 5. The van der Waals surface area contributed by atoms with Crippen molar-refractivity contribution in [3.05, 3.63) is 35.1 Å². The Morgan fingerprint density at radius 1 is 0.957 bits per heavy atom. The van der Waals surface area contributed by atoms with Gasteiger partial charge in [-0.1, -0.05) is 12.5 Å². The number of carboxylic acid groups (broad SMARTS) is 3. The topological polar surface area (TPSA) is 270 Å². The number of hydrogen-bond donors (Lipinski definition) is 6. The highest BCUT2D eigenvalue weighted by Gasteiger charge is 2.71. The lowest BCUT2D eigenvalue weighted by Crippen LogP contribution is -2.67. The third-order valence-electron chi connectivity index (χ3n) is 9.26. The predicted octanol–water partition coefficient (Wildman–Crippen LogP) is -0.808. The molecular formula is C30H32O17. The van der Waals surface area contributed by atoms with Crippen LogP contribution < -0.4 is 9.47 Å². The van der Waals surface area contributed by atoms with Gasteiger partial charge in [0.05, 0.1) is 31.0 Å². The van der Waals surface area contributed by atoms with E-state index in [1.165, 1.54) is 13.2 Å². The average molecular weight is 665 g/mol. The monoisotopic (exact) mass is 664 g/mol. The van der Waals surface area contributed by atoms with E-state index in [0.717, 1.165) is 24.0 Å². The smallest absolute Gasteiger partial charge is 0.348 e. The fourth-order valence-electron chi connectivity index (χ4n) is 7.21. The van der Waals surface area contributed by atoms with Crippen LogP contribution in [0, 0.1) is 5.92 Å². The van der Waals surface area contributed by atoms with Gasteiger partial charge in [-0.25, -0.2) is 19.2 Å². The van der Waals surface area contributed by atoms with E-state index >= 15 is 0 Å². The lowest BCUT2D eigenvalue weighted by atomic mass is 9.47. The highest BCUT2D eigenvalue weighted by Crippen LogP contribution is 2.67. The van der Waals surface area contributed by atoms with E-state index in [9.17, 15) is 49.2 Å². The number of rotatable bonds is 13. The van der Waals surface area contributed by atoms with Gasteiger partial charge in [0.15, 0.2) is 29.8 Å². The third kappa shape index (κ3) is 5.63. The van der Waals surface area contributed by atoms with Gasteiger partial charge in [0.25, 0.3) is 0 Å². The first-order chi connectivity index (χ1) is 22.1. The zero-order chi connectivity index (χ0) is 34.4. The van der Waals surface area contributed by atoms with Crippen LogP contribution >= 0.6 is 0 Å². The van der Waals surface area contributed by atoms with Gasteiger partial charge < -0.3 is 54.3 Å². The van der Waals surface area contributed by atoms with Crippen LogP contribution in [0.4, 0.5) is 0 Å². The first-order valence-electron chi connectivity index (χ1n) is 14.6. The summed E-state index contributed by atoms with van der Waals surface area (Å²) in [5.41, 5.74) is -0.571. The fourth-order valence-corrected chi connectivity index (χ4v) is 7.21. The number of methoxy groups -OCH3 is 1. The number of aliphatic hydroxyl groups is 3. The highest BCUT2D eigenvalue weighted by atomic mass is 16.6. The standard InChI is InChI=1S/C30H32O17/c1-43-14-5-4-12-9-13-3-2-7-29-20(12)23(14)47-24(29)15(6-8-30(13,29)42)44-19(33)11-17(46-28(41)22(35)21(34)26(38)39)27(40)45-16(25(36)37)10-18(31)32/h4-6,13,16-17,21-22,24,34-35,42H,2-3,7-11H2,1H3,(H,31,32)(H,36,37)(H,38,39)/t13-,16+,17-,21+,22+,24+,29+,30-/m0/s1. The maximum Gasteiger partial charge on any atom is 0.348 e. The number of aliphatic carboxylic acids is 3. The van der Waals surface area contributed by atoms with E-state index in [1.807, 2.05) is 6.07 Å². The summed E-state index contributed by atoms with van der Waals surface area (Å²) in [5.74, 6) is -9.88. The van der Waals surface area contributed by atoms with Crippen LogP contribution in [0.3, 0.4) is 0 Å². The van der Waals surface area contributed by atoms with Crippen molar-refractivity contribution < 1.29 is 83.1 Å². The van der Waals surface area contributed by atoms with Crippen LogP contribution in [0.25, 0.3) is 0 Å². The molecule has 8 atom stereocenters. The number of benzene rings is 1. The molecule has 1 aromatic rings. The van der Waals surface area contributed by atoms with Gasteiger partial charge in [-0.15, -0.1) is 0 Å². The van der Waals surface area contributed by atoms with Gasteiger partial charge in [-0.2, -0.15) is 0 Å². The summed E-state index contributed by atoms with van der Waals surface area (Å²) in [4.78, 5) is 72.1. The molecule has 1 fully saturated rings. The molecule has 0 amide bonds. The Morgan fingerprint density at radius 2 is 1.66 bits per heavy atom. The van der Waals surface area contributed by atoms with Crippen LogP contribution in [0.2, 0.25) is 0 Å². The molecular weight excluding hydrogens is 632 g/mol. The van der Waals surface area contributed by atoms with E-state index in [2.05, 4.69) is 4.74 Å². The lowest BCUT2D eigenvalue weighted by molar-refractivity contribution is -0.187. The van der Waals surface area contributed by atoms with Gasteiger partial charge in [0.1, 0.15) is 5.76 Å². The SMILES string of the molecule is COc1ccc2c3c1O[C@@H]1C(OC(=O)C[C@H](OC(=O)[C@H](O)[C@@H](O)C(=O)O)C(=O)O[C@H](CC(=O)O)C(=O)O)=CC[C@]4(O)[C@@H](CCC[C@@]314)C2. The van der Waals surface area contributed by atoms with E-state index < -0.39 is 90.2 Å². The van der Waals surface area contributed by atoms with Crippen molar-refractivity contribution in [3.8, 4) is 11.5 Å². The Hall–Kier alpha value is -4.74. The minimum absolute atomic E-state index is 0.0412. The number of carboxylic acids is 3. The van der Waals surface area contributed by atoms with Gasteiger partial charge in [0, 0.05) is 5.56 Å². The molecule has 1 aromatic carbocycles. The second kappa shape index (κ2) is 12.5. The van der Waals surface area contributed by atoms with Crippen LogP contribution in [0.15, 0.2) is 24.0 Å². The Kier molecular flexibility index (Phi) is 8.91. The number of carbonyl (C=O) groups is 6. The molecule has 6 N–H and O–H groups in total.